The molecule has 5 unspecified atom stereocenters. The van der Waals surface area contributed by atoms with Crippen LogP contribution < -0.4 is 11.3 Å². The summed E-state index contributed by atoms with van der Waals surface area (Å²) in [4.78, 5) is 0. The molecule has 0 aromatic carbocycles. The van der Waals surface area contributed by atoms with Crippen LogP contribution in [0.25, 0.3) is 0 Å². The number of hydrogen-bond donors (Lipinski definition) is 2. The molecule has 3 N–H and O–H groups in total. The van der Waals surface area contributed by atoms with E-state index in [1.807, 2.05) is 0 Å². The van der Waals surface area contributed by atoms with Crippen LogP contribution >= 0.6 is 0 Å². The van der Waals surface area contributed by atoms with Crippen molar-refractivity contribution in [1.29, 1.82) is 0 Å². The lowest BCUT2D eigenvalue weighted by Gasteiger charge is -2.37. The standard InChI is InChI=1S/C15H28N2O2/c1-14(2)8-11(15(3,4)19-14)13(17-16)10-7-9-5-6-12(10)18-9/h9-13,17H,5-8,16H2,1-4H3. The van der Waals surface area contributed by atoms with Crippen molar-refractivity contribution in [3.8, 4) is 0 Å². The topological polar surface area (TPSA) is 56.5 Å². The number of ether oxygens (including phenoxy) is 2. The quantitative estimate of drug-likeness (QED) is 0.607. The summed E-state index contributed by atoms with van der Waals surface area (Å²) in [5.74, 6) is 6.90. The molecule has 3 rings (SSSR count). The largest absolute Gasteiger partial charge is 0.375 e. The van der Waals surface area contributed by atoms with Crippen LogP contribution in [0.2, 0.25) is 0 Å². The zero-order valence-electron chi connectivity index (χ0n) is 12.6. The molecule has 4 nitrogen and oxygen atoms in total. The SMILES string of the molecule is CC1(C)CC(C(NN)C2CC3CCC2O3)C(C)(C)O1. The van der Waals surface area contributed by atoms with E-state index in [0.29, 0.717) is 30.1 Å². The molecule has 5 atom stereocenters. The van der Waals surface area contributed by atoms with Gasteiger partial charge in [-0.25, -0.2) is 0 Å². The zero-order chi connectivity index (χ0) is 13.8. The number of rotatable bonds is 3. The van der Waals surface area contributed by atoms with Gasteiger partial charge in [-0.1, -0.05) is 0 Å². The zero-order valence-corrected chi connectivity index (χ0v) is 12.6. The average Bonchev–Trinajstić information content (AvgIpc) is 2.93. The molecule has 0 aliphatic carbocycles. The second-order valence-electron chi connectivity index (χ2n) is 7.74. The molecule has 110 valence electrons. The average molecular weight is 268 g/mol. The van der Waals surface area contributed by atoms with E-state index in [0.717, 1.165) is 12.8 Å². The summed E-state index contributed by atoms with van der Waals surface area (Å²) in [6.07, 6.45) is 5.53. The Morgan fingerprint density at radius 1 is 1.21 bits per heavy atom. The maximum Gasteiger partial charge on any atom is 0.0678 e. The van der Waals surface area contributed by atoms with E-state index in [-0.39, 0.29) is 11.2 Å². The highest BCUT2D eigenvalue weighted by atomic mass is 16.5. The summed E-state index contributed by atoms with van der Waals surface area (Å²) in [5.41, 5.74) is 2.93. The first-order valence-electron chi connectivity index (χ1n) is 7.64. The van der Waals surface area contributed by atoms with E-state index >= 15 is 0 Å². The van der Waals surface area contributed by atoms with E-state index in [4.69, 9.17) is 15.3 Å². The molecule has 3 saturated heterocycles. The van der Waals surface area contributed by atoms with Crippen LogP contribution in [0.4, 0.5) is 0 Å². The predicted molar refractivity (Wildman–Crippen MR) is 74.5 cm³/mol. The van der Waals surface area contributed by atoms with E-state index in [1.165, 1.54) is 12.8 Å². The molecular formula is C15H28N2O2. The number of hydrogen-bond acceptors (Lipinski definition) is 4. The van der Waals surface area contributed by atoms with Gasteiger partial charge in [0.2, 0.25) is 0 Å². The van der Waals surface area contributed by atoms with E-state index in [9.17, 15) is 0 Å². The lowest BCUT2D eigenvalue weighted by Crippen LogP contribution is -2.53. The fourth-order valence-electron chi connectivity index (χ4n) is 4.76. The molecule has 0 radical (unpaired) electrons. The van der Waals surface area contributed by atoms with Crippen LogP contribution in [0, 0.1) is 11.8 Å². The predicted octanol–water partition coefficient (Wildman–Crippen LogP) is 1.98. The van der Waals surface area contributed by atoms with Gasteiger partial charge in [0.15, 0.2) is 0 Å². The fraction of sp³-hybridized carbons (Fsp3) is 1.00. The highest BCUT2D eigenvalue weighted by molar-refractivity contribution is 5.05. The molecule has 0 aromatic rings. The summed E-state index contributed by atoms with van der Waals surface area (Å²) >= 11 is 0. The molecule has 3 aliphatic rings. The normalized spacial score (nSPS) is 44.7. The van der Waals surface area contributed by atoms with Crippen LogP contribution in [0.3, 0.4) is 0 Å². The van der Waals surface area contributed by atoms with E-state index in [1.54, 1.807) is 0 Å². The monoisotopic (exact) mass is 268 g/mol. The van der Waals surface area contributed by atoms with Gasteiger partial charge in [0.05, 0.1) is 23.4 Å². The summed E-state index contributed by atoms with van der Waals surface area (Å²) in [6, 6.07) is 0.298. The summed E-state index contributed by atoms with van der Waals surface area (Å²) in [7, 11) is 0. The molecule has 3 aliphatic heterocycles. The number of fused-ring (bicyclic) bond motifs is 2. The second-order valence-corrected chi connectivity index (χ2v) is 7.74. The number of nitrogens with one attached hydrogen (secondary N) is 1. The minimum atomic E-state index is -0.123. The minimum Gasteiger partial charge on any atom is -0.375 e. The Hall–Kier alpha value is -0.160. The Kier molecular flexibility index (Phi) is 3.21. The van der Waals surface area contributed by atoms with Crippen LogP contribution in [-0.2, 0) is 9.47 Å². The first-order chi connectivity index (χ1) is 8.82. The molecule has 19 heavy (non-hydrogen) atoms. The van der Waals surface area contributed by atoms with Crippen molar-refractivity contribution >= 4 is 0 Å². The van der Waals surface area contributed by atoms with Crippen molar-refractivity contribution in [2.75, 3.05) is 0 Å². The van der Waals surface area contributed by atoms with Gasteiger partial charge in [-0.2, -0.15) is 0 Å². The molecule has 0 amide bonds. The smallest absolute Gasteiger partial charge is 0.0678 e. The van der Waals surface area contributed by atoms with Crippen LogP contribution in [0.15, 0.2) is 0 Å². The van der Waals surface area contributed by atoms with Crippen LogP contribution in [0.5, 0.6) is 0 Å². The van der Waals surface area contributed by atoms with Crippen molar-refractivity contribution in [1.82, 2.24) is 5.43 Å². The molecule has 4 heteroatoms. The maximum atomic E-state index is 6.23. The number of nitrogens with two attached hydrogens (primary N) is 1. The van der Waals surface area contributed by atoms with Gasteiger partial charge in [-0.15, -0.1) is 0 Å². The Balaban J connectivity index is 1.79. The molecule has 3 fully saturated rings. The second kappa shape index (κ2) is 4.42. The molecule has 0 saturated carbocycles. The van der Waals surface area contributed by atoms with Crippen molar-refractivity contribution in [2.45, 2.75) is 82.8 Å². The first-order valence-corrected chi connectivity index (χ1v) is 7.64. The summed E-state index contributed by atoms with van der Waals surface area (Å²) in [5, 5.41) is 0. The van der Waals surface area contributed by atoms with Gasteiger partial charge in [0, 0.05) is 17.9 Å². The Morgan fingerprint density at radius 3 is 2.37 bits per heavy atom. The summed E-state index contributed by atoms with van der Waals surface area (Å²) in [6.45, 7) is 8.76. The number of hydrazine groups is 1. The summed E-state index contributed by atoms with van der Waals surface area (Å²) < 4.78 is 12.2. The molecule has 0 spiro atoms. The Labute approximate surface area is 116 Å². The lowest BCUT2D eigenvalue weighted by molar-refractivity contribution is -0.0806. The Bertz CT molecular complexity index is 356. The first kappa shape index (κ1) is 13.8. The van der Waals surface area contributed by atoms with Crippen LogP contribution in [-0.4, -0.2) is 29.5 Å². The van der Waals surface area contributed by atoms with Gasteiger partial charge >= 0.3 is 0 Å². The van der Waals surface area contributed by atoms with Gasteiger partial charge in [-0.3, -0.25) is 11.3 Å². The van der Waals surface area contributed by atoms with E-state index < -0.39 is 0 Å². The maximum absolute atomic E-state index is 6.23. The third kappa shape index (κ3) is 2.33. The van der Waals surface area contributed by atoms with Crippen molar-refractivity contribution in [3.05, 3.63) is 0 Å². The van der Waals surface area contributed by atoms with Crippen LogP contribution in [0.1, 0.15) is 53.4 Å². The minimum absolute atomic E-state index is 0.0538. The third-order valence-corrected chi connectivity index (χ3v) is 5.38. The molecule has 2 bridgehead atoms. The lowest BCUT2D eigenvalue weighted by atomic mass is 9.72. The third-order valence-electron chi connectivity index (χ3n) is 5.38. The van der Waals surface area contributed by atoms with E-state index in [2.05, 4.69) is 33.1 Å². The van der Waals surface area contributed by atoms with Crippen molar-refractivity contribution in [2.24, 2.45) is 17.7 Å². The van der Waals surface area contributed by atoms with Gasteiger partial charge < -0.3 is 9.47 Å². The highest BCUT2D eigenvalue weighted by Crippen LogP contribution is 2.49. The molecule has 3 heterocycles. The van der Waals surface area contributed by atoms with Crippen molar-refractivity contribution < 1.29 is 9.47 Å². The van der Waals surface area contributed by atoms with Gasteiger partial charge in [0.25, 0.3) is 0 Å². The Morgan fingerprint density at radius 2 is 1.95 bits per heavy atom. The van der Waals surface area contributed by atoms with Gasteiger partial charge in [-0.05, 0) is 53.4 Å². The van der Waals surface area contributed by atoms with Crippen molar-refractivity contribution in [3.63, 3.8) is 0 Å². The molecule has 0 aromatic heterocycles. The molecular weight excluding hydrogens is 240 g/mol. The highest BCUT2D eigenvalue weighted by Gasteiger charge is 2.54. The van der Waals surface area contributed by atoms with Gasteiger partial charge in [0.1, 0.15) is 0 Å². The fourth-order valence-corrected chi connectivity index (χ4v) is 4.76.